The first kappa shape index (κ1) is 16.3. The molecule has 1 aromatic carbocycles. The SMILES string of the molecule is CN(Cc1ccccc1)C(=O)NC[C@H]1CCC[C@@]12NC(=O)NC2=O. The predicted molar refractivity (Wildman–Crippen MR) is 88.1 cm³/mol. The quantitative estimate of drug-likeness (QED) is 0.725. The van der Waals surface area contributed by atoms with Crippen molar-refractivity contribution in [3.8, 4) is 0 Å². The Kier molecular flexibility index (Phi) is 4.42. The van der Waals surface area contributed by atoms with Crippen molar-refractivity contribution in [2.24, 2.45) is 5.92 Å². The fourth-order valence-electron chi connectivity index (χ4n) is 3.60. The van der Waals surface area contributed by atoms with Gasteiger partial charge in [0.1, 0.15) is 5.54 Å². The Labute approximate surface area is 140 Å². The first-order chi connectivity index (χ1) is 11.5. The van der Waals surface area contributed by atoms with Crippen LogP contribution in [0.25, 0.3) is 0 Å². The van der Waals surface area contributed by atoms with Crippen LogP contribution in [0.4, 0.5) is 9.59 Å². The summed E-state index contributed by atoms with van der Waals surface area (Å²) in [5.74, 6) is -0.361. The Balaban J connectivity index is 1.56. The normalized spacial score (nSPS) is 25.5. The van der Waals surface area contributed by atoms with E-state index in [0.717, 1.165) is 18.4 Å². The third kappa shape index (κ3) is 3.06. The molecule has 0 unspecified atom stereocenters. The Bertz CT molecular complexity index is 648. The Morgan fingerprint density at radius 3 is 2.75 bits per heavy atom. The van der Waals surface area contributed by atoms with Crippen molar-refractivity contribution in [2.75, 3.05) is 13.6 Å². The van der Waals surface area contributed by atoms with Crippen LogP contribution < -0.4 is 16.0 Å². The second-order valence-electron chi connectivity index (χ2n) is 6.50. The number of hydrogen-bond acceptors (Lipinski definition) is 3. The molecule has 1 aromatic rings. The van der Waals surface area contributed by atoms with Crippen molar-refractivity contribution in [1.29, 1.82) is 0 Å². The lowest BCUT2D eigenvalue weighted by Gasteiger charge is -2.29. The summed E-state index contributed by atoms with van der Waals surface area (Å²) in [6.07, 6.45) is 2.27. The lowest BCUT2D eigenvalue weighted by atomic mass is 9.87. The molecule has 5 amide bonds. The molecular weight excluding hydrogens is 308 g/mol. The first-order valence-electron chi connectivity index (χ1n) is 8.18. The molecule has 1 spiro atoms. The number of nitrogens with one attached hydrogen (secondary N) is 3. The summed E-state index contributed by atoms with van der Waals surface area (Å²) in [6, 6.07) is 9.10. The average Bonchev–Trinajstić information content (AvgIpc) is 3.09. The molecule has 24 heavy (non-hydrogen) atoms. The van der Waals surface area contributed by atoms with E-state index in [-0.39, 0.29) is 17.9 Å². The predicted octanol–water partition coefficient (Wildman–Crippen LogP) is 1.21. The van der Waals surface area contributed by atoms with Crippen LogP contribution in [0.3, 0.4) is 0 Å². The summed E-state index contributed by atoms with van der Waals surface area (Å²) < 4.78 is 0. The molecule has 1 aliphatic carbocycles. The van der Waals surface area contributed by atoms with Gasteiger partial charge in [-0.3, -0.25) is 10.1 Å². The molecular formula is C17H22N4O3. The average molecular weight is 330 g/mol. The van der Waals surface area contributed by atoms with Gasteiger partial charge < -0.3 is 15.5 Å². The standard InChI is InChI=1S/C17H22N4O3/c1-21(11-12-6-3-2-4-7-12)16(24)18-10-13-8-5-9-17(13)14(22)19-15(23)20-17/h2-4,6-7,13H,5,8-11H2,1H3,(H,18,24)(H2,19,20,22,23)/t13-,17-/m1/s1. The van der Waals surface area contributed by atoms with Gasteiger partial charge in [-0.15, -0.1) is 0 Å². The molecule has 2 atom stereocenters. The summed E-state index contributed by atoms with van der Waals surface area (Å²) in [7, 11) is 1.73. The van der Waals surface area contributed by atoms with Gasteiger partial charge in [0.25, 0.3) is 5.91 Å². The zero-order valence-corrected chi connectivity index (χ0v) is 13.7. The molecule has 1 aliphatic heterocycles. The van der Waals surface area contributed by atoms with E-state index in [1.54, 1.807) is 11.9 Å². The number of amides is 5. The highest BCUT2D eigenvalue weighted by Crippen LogP contribution is 2.37. The van der Waals surface area contributed by atoms with Gasteiger partial charge >= 0.3 is 12.1 Å². The van der Waals surface area contributed by atoms with E-state index in [4.69, 9.17) is 0 Å². The topological polar surface area (TPSA) is 90.5 Å². The van der Waals surface area contributed by atoms with Crippen LogP contribution in [0.5, 0.6) is 0 Å². The number of carbonyl (C=O) groups is 3. The molecule has 1 heterocycles. The lowest BCUT2D eigenvalue weighted by molar-refractivity contribution is -0.125. The number of urea groups is 2. The van der Waals surface area contributed by atoms with Crippen LogP contribution in [0.2, 0.25) is 0 Å². The fourth-order valence-corrected chi connectivity index (χ4v) is 3.60. The van der Waals surface area contributed by atoms with Crippen LogP contribution in [0.1, 0.15) is 24.8 Å². The highest BCUT2D eigenvalue weighted by Gasteiger charge is 2.54. The number of imide groups is 1. The van der Waals surface area contributed by atoms with Gasteiger partial charge in [-0.1, -0.05) is 36.8 Å². The van der Waals surface area contributed by atoms with Crippen molar-refractivity contribution < 1.29 is 14.4 Å². The molecule has 2 aliphatic rings. The second-order valence-corrected chi connectivity index (χ2v) is 6.50. The summed E-state index contributed by atoms with van der Waals surface area (Å²) in [4.78, 5) is 37.5. The maximum absolute atomic E-state index is 12.3. The van der Waals surface area contributed by atoms with E-state index in [1.807, 2.05) is 30.3 Å². The minimum Gasteiger partial charge on any atom is -0.338 e. The summed E-state index contributed by atoms with van der Waals surface area (Å²) in [5, 5.41) is 7.95. The summed E-state index contributed by atoms with van der Waals surface area (Å²) in [5.41, 5.74) is 0.192. The molecule has 7 heteroatoms. The Hall–Kier alpha value is -2.57. The van der Waals surface area contributed by atoms with Gasteiger partial charge in [0.2, 0.25) is 0 Å². The third-order valence-electron chi connectivity index (χ3n) is 4.90. The molecule has 0 aromatic heterocycles. The van der Waals surface area contributed by atoms with Gasteiger partial charge in [0, 0.05) is 26.1 Å². The smallest absolute Gasteiger partial charge is 0.322 e. The highest BCUT2D eigenvalue weighted by atomic mass is 16.2. The summed E-state index contributed by atoms with van der Waals surface area (Å²) >= 11 is 0. The Morgan fingerprint density at radius 1 is 1.33 bits per heavy atom. The minimum atomic E-state index is -0.859. The zero-order chi connectivity index (χ0) is 17.2. The number of hydrogen-bond donors (Lipinski definition) is 3. The summed E-state index contributed by atoms with van der Waals surface area (Å²) in [6.45, 7) is 0.880. The first-order valence-corrected chi connectivity index (χ1v) is 8.18. The van der Waals surface area contributed by atoms with Gasteiger partial charge in [-0.25, -0.2) is 9.59 Å². The maximum atomic E-state index is 12.3. The third-order valence-corrected chi connectivity index (χ3v) is 4.90. The Morgan fingerprint density at radius 2 is 2.08 bits per heavy atom. The fraction of sp³-hybridized carbons (Fsp3) is 0.471. The molecule has 3 rings (SSSR count). The highest BCUT2D eigenvalue weighted by molar-refractivity contribution is 6.07. The van der Waals surface area contributed by atoms with Crippen LogP contribution in [-0.2, 0) is 11.3 Å². The molecule has 0 bridgehead atoms. The second kappa shape index (κ2) is 6.51. The molecule has 3 N–H and O–H groups in total. The molecule has 1 saturated heterocycles. The van der Waals surface area contributed by atoms with Crippen molar-refractivity contribution >= 4 is 18.0 Å². The van der Waals surface area contributed by atoms with Crippen LogP contribution in [-0.4, -0.2) is 42.0 Å². The van der Waals surface area contributed by atoms with E-state index >= 15 is 0 Å². The minimum absolute atomic E-state index is 0.0852. The van der Waals surface area contributed by atoms with Crippen LogP contribution >= 0.6 is 0 Å². The van der Waals surface area contributed by atoms with Gasteiger partial charge in [-0.2, -0.15) is 0 Å². The van der Waals surface area contributed by atoms with Crippen LogP contribution in [0, 0.1) is 5.92 Å². The number of carbonyl (C=O) groups excluding carboxylic acids is 3. The monoisotopic (exact) mass is 330 g/mol. The van der Waals surface area contributed by atoms with Crippen molar-refractivity contribution in [3.63, 3.8) is 0 Å². The zero-order valence-electron chi connectivity index (χ0n) is 13.7. The molecule has 128 valence electrons. The van der Waals surface area contributed by atoms with E-state index < -0.39 is 11.6 Å². The largest absolute Gasteiger partial charge is 0.338 e. The van der Waals surface area contributed by atoms with Crippen molar-refractivity contribution in [2.45, 2.75) is 31.3 Å². The van der Waals surface area contributed by atoms with Crippen LogP contribution in [0.15, 0.2) is 30.3 Å². The van der Waals surface area contributed by atoms with Crippen molar-refractivity contribution in [1.82, 2.24) is 20.9 Å². The molecule has 1 saturated carbocycles. The van der Waals surface area contributed by atoms with E-state index in [2.05, 4.69) is 16.0 Å². The lowest BCUT2D eigenvalue weighted by Crippen LogP contribution is -2.53. The maximum Gasteiger partial charge on any atom is 0.322 e. The molecule has 7 nitrogen and oxygen atoms in total. The molecule has 0 radical (unpaired) electrons. The van der Waals surface area contributed by atoms with E-state index in [9.17, 15) is 14.4 Å². The van der Waals surface area contributed by atoms with Gasteiger partial charge in [0.15, 0.2) is 0 Å². The van der Waals surface area contributed by atoms with E-state index in [0.29, 0.717) is 19.5 Å². The van der Waals surface area contributed by atoms with E-state index in [1.165, 1.54) is 0 Å². The number of nitrogens with zero attached hydrogens (tertiary/aromatic N) is 1. The number of benzene rings is 1. The van der Waals surface area contributed by atoms with Crippen molar-refractivity contribution in [3.05, 3.63) is 35.9 Å². The molecule has 2 fully saturated rings. The van der Waals surface area contributed by atoms with Gasteiger partial charge in [0.05, 0.1) is 0 Å². The van der Waals surface area contributed by atoms with Gasteiger partial charge in [-0.05, 0) is 18.4 Å². The number of rotatable bonds is 4.